The molecule has 0 saturated carbocycles. The standard InChI is InChI=1S/C15H14N2O/c1-17(14-7-3-2-4-8-14)15(9-11-18)13-6-5-10-16-12-13/h2-12H,1H3/b15-9+. The summed E-state index contributed by atoms with van der Waals surface area (Å²) in [6, 6.07) is 13.7. The number of carbonyl (C=O) groups excluding carboxylic acids is 1. The maximum Gasteiger partial charge on any atom is 0.144 e. The highest BCUT2D eigenvalue weighted by Crippen LogP contribution is 2.23. The number of aldehydes is 1. The predicted octanol–water partition coefficient (Wildman–Crippen LogP) is 2.76. The number of rotatable bonds is 4. The molecule has 0 radical (unpaired) electrons. The predicted molar refractivity (Wildman–Crippen MR) is 73.1 cm³/mol. The summed E-state index contributed by atoms with van der Waals surface area (Å²) in [6.45, 7) is 0. The number of hydrogen-bond acceptors (Lipinski definition) is 3. The Balaban J connectivity index is 2.38. The van der Waals surface area contributed by atoms with Crippen LogP contribution in [0.4, 0.5) is 5.69 Å². The molecule has 0 saturated heterocycles. The minimum Gasteiger partial charge on any atom is -0.344 e. The van der Waals surface area contributed by atoms with E-state index in [0.717, 1.165) is 23.2 Å². The third-order valence-corrected chi connectivity index (χ3v) is 2.69. The van der Waals surface area contributed by atoms with Gasteiger partial charge in [0.1, 0.15) is 6.29 Å². The second-order valence-electron chi connectivity index (χ2n) is 3.82. The molecule has 0 fully saturated rings. The number of aromatic nitrogens is 1. The molecule has 0 aliphatic heterocycles. The zero-order valence-electron chi connectivity index (χ0n) is 10.2. The molecule has 0 aliphatic carbocycles. The lowest BCUT2D eigenvalue weighted by Gasteiger charge is -2.22. The topological polar surface area (TPSA) is 33.2 Å². The zero-order chi connectivity index (χ0) is 12.8. The number of carbonyl (C=O) groups is 1. The van der Waals surface area contributed by atoms with Crippen molar-refractivity contribution in [2.75, 3.05) is 11.9 Å². The molecule has 1 heterocycles. The molecule has 0 amide bonds. The average Bonchev–Trinajstić information content (AvgIpc) is 2.46. The number of allylic oxidation sites excluding steroid dienone is 1. The SMILES string of the molecule is CN(/C(=C/C=O)c1cccnc1)c1ccccc1. The molecule has 0 aliphatic rings. The van der Waals surface area contributed by atoms with Crippen LogP contribution in [0.2, 0.25) is 0 Å². The van der Waals surface area contributed by atoms with Crippen LogP contribution < -0.4 is 4.90 Å². The lowest BCUT2D eigenvalue weighted by atomic mass is 10.1. The van der Waals surface area contributed by atoms with E-state index in [-0.39, 0.29) is 0 Å². The average molecular weight is 238 g/mol. The van der Waals surface area contributed by atoms with E-state index in [2.05, 4.69) is 4.98 Å². The number of anilines is 1. The van der Waals surface area contributed by atoms with Gasteiger partial charge >= 0.3 is 0 Å². The van der Waals surface area contributed by atoms with Gasteiger partial charge in [0.2, 0.25) is 0 Å². The Bertz CT molecular complexity index is 535. The Hall–Kier alpha value is -2.42. The lowest BCUT2D eigenvalue weighted by Crippen LogP contribution is -2.15. The van der Waals surface area contributed by atoms with Crippen LogP contribution in [0, 0.1) is 0 Å². The molecule has 0 atom stereocenters. The van der Waals surface area contributed by atoms with Crippen LogP contribution in [-0.4, -0.2) is 18.3 Å². The Morgan fingerprint density at radius 2 is 1.94 bits per heavy atom. The summed E-state index contributed by atoms with van der Waals surface area (Å²) in [5, 5.41) is 0. The number of benzene rings is 1. The highest BCUT2D eigenvalue weighted by atomic mass is 16.1. The van der Waals surface area contributed by atoms with Crippen molar-refractivity contribution in [1.29, 1.82) is 0 Å². The van der Waals surface area contributed by atoms with Gasteiger partial charge in [0.15, 0.2) is 0 Å². The number of pyridine rings is 1. The Kier molecular flexibility index (Phi) is 3.86. The molecule has 1 aromatic carbocycles. The van der Waals surface area contributed by atoms with Crippen LogP contribution >= 0.6 is 0 Å². The fourth-order valence-electron chi connectivity index (χ4n) is 1.77. The maximum absolute atomic E-state index is 10.8. The maximum atomic E-state index is 10.8. The van der Waals surface area contributed by atoms with Gasteiger partial charge in [0.25, 0.3) is 0 Å². The van der Waals surface area contributed by atoms with Crippen LogP contribution in [-0.2, 0) is 4.79 Å². The molecule has 2 rings (SSSR count). The lowest BCUT2D eigenvalue weighted by molar-refractivity contribution is -0.104. The van der Waals surface area contributed by atoms with Gasteiger partial charge in [0, 0.05) is 36.8 Å². The minimum atomic E-state index is 0.793. The van der Waals surface area contributed by atoms with Crippen molar-refractivity contribution in [3.05, 3.63) is 66.5 Å². The first-order valence-corrected chi connectivity index (χ1v) is 5.67. The quantitative estimate of drug-likeness (QED) is 0.606. The third-order valence-electron chi connectivity index (χ3n) is 2.69. The van der Waals surface area contributed by atoms with E-state index in [9.17, 15) is 4.79 Å². The van der Waals surface area contributed by atoms with E-state index in [1.54, 1.807) is 18.5 Å². The van der Waals surface area contributed by atoms with Gasteiger partial charge in [-0.3, -0.25) is 9.78 Å². The molecular formula is C15H14N2O. The normalized spacial score (nSPS) is 11.1. The summed E-state index contributed by atoms with van der Waals surface area (Å²) in [5.74, 6) is 0. The van der Waals surface area contributed by atoms with Gasteiger partial charge < -0.3 is 4.90 Å². The Morgan fingerprint density at radius 1 is 1.17 bits per heavy atom. The van der Waals surface area contributed by atoms with E-state index < -0.39 is 0 Å². The smallest absolute Gasteiger partial charge is 0.144 e. The van der Waals surface area contributed by atoms with E-state index in [0.29, 0.717) is 0 Å². The van der Waals surface area contributed by atoms with Crippen molar-refractivity contribution in [2.45, 2.75) is 0 Å². The molecule has 90 valence electrons. The molecule has 3 nitrogen and oxygen atoms in total. The molecule has 0 spiro atoms. The second kappa shape index (κ2) is 5.77. The molecule has 0 unspecified atom stereocenters. The summed E-state index contributed by atoms with van der Waals surface area (Å²) in [5.41, 5.74) is 2.76. The fraction of sp³-hybridized carbons (Fsp3) is 0.0667. The third kappa shape index (κ3) is 2.63. The largest absolute Gasteiger partial charge is 0.344 e. The number of nitrogens with zero attached hydrogens (tertiary/aromatic N) is 2. The number of para-hydroxylation sites is 1. The van der Waals surface area contributed by atoms with Crippen LogP contribution in [0.25, 0.3) is 5.70 Å². The molecular weight excluding hydrogens is 224 g/mol. The van der Waals surface area contributed by atoms with Crippen LogP contribution in [0.3, 0.4) is 0 Å². The van der Waals surface area contributed by atoms with Crippen molar-refractivity contribution in [2.24, 2.45) is 0 Å². The summed E-state index contributed by atoms with van der Waals surface area (Å²) < 4.78 is 0. The Labute approximate surface area is 106 Å². The van der Waals surface area contributed by atoms with E-state index >= 15 is 0 Å². The highest BCUT2D eigenvalue weighted by molar-refractivity contribution is 5.88. The highest BCUT2D eigenvalue weighted by Gasteiger charge is 2.08. The summed E-state index contributed by atoms with van der Waals surface area (Å²) >= 11 is 0. The van der Waals surface area contributed by atoms with Gasteiger partial charge in [-0.15, -0.1) is 0 Å². The molecule has 18 heavy (non-hydrogen) atoms. The molecule has 0 N–H and O–H groups in total. The van der Waals surface area contributed by atoms with Crippen LogP contribution in [0.15, 0.2) is 60.9 Å². The first-order chi connectivity index (χ1) is 8.83. The first kappa shape index (κ1) is 12.0. The van der Waals surface area contributed by atoms with Gasteiger partial charge in [-0.25, -0.2) is 0 Å². The van der Waals surface area contributed by atoms with E-state index in [1.165, 1.54) is 0 Å². The van der Waals surface area contributed by atoms with Gasteiger partial charge in [-0.05, 0) is 24.3 Å². The van der Waals surface area contributed by atoms with Crippen molar-refractivity contribution < 1.29 is 4.79 Å². The fourth-order valence-corrected chi connectivity index (χ4v) is 1.77. The number of hydrogen-bond donors (Lipinski definition) is 0. The van der Waals surface area contributed by atoms with Crippen LogP contribution in [0.1, 0.15) is 5.56 Å². The van der Waals surface area contributed by atoms with Crippen molar-refractivity contribution in [1.82, 2.24) is 4.98 Å². The Morgan fingerprint density at radius 3 is 2.56 bits per heavy atom. The summed E-state index contributed by atoms with van der Waals surface area (Å²) in [7, 11) is 1.93. The van der Waals surface area contributed by atoms with Crippen molar-refractivity contribution in [3.63, 3.8) is 0 Å². The minimum absolute atomic E-state index is 0.793. The monoisotopic (exact) mass is 238 g/mol. The summed E-state index contributed by atoms with van der Waals surface area (Å²) in [4.78, 5) is 16.8. The zero-order valence-corrected chi connectivity index (χ0v) is 10.2. The molecule has 0 bridgehead atoms. The van der Waals surface area contributed by atoms with Crippen LogP contribution in [0.5, 0.6) is 0 Å². The second-order valence-corrected chi connectivity index (χ2v) is 3.82. The van der Waals surface area contributed by atoms with Gasteiger partial charge in [0.05, 0.1) is 5.70 Å². The van der Waals surface area contributed by atoms with Crippen molar-refractivity contribution in [3.8, 4) is 0 Å². The molecule has 1 aromatic heterocycles. The summed E-state index contributed by atoms with van der Waals surface area (Å²) in [6.07, 6.45) is 5.80. The first-order valence-electron chi connectivity index (χ1n) is 5.67. The van der Waals surface area contributed by atoms with E-state index in [4.69, 9.17) is 0 Å². The van der Waals surface area contributed by atoms with Crippen molar-refractivity contribution >= 4 is 17.7 Å². The van der Waals surface area contributed by atoms with E-state index in [1.807, 2.05) is 54.4 Å². The van der Waals surface area contributed by atoms with Gasteiger partial charge in [-0.1, -0.05) is 18.2 Å². The molecule has 3 heteroatoms. The van der Waals surface area contributed by atoms with Gasteiger partial charge in [-0.2, -0.15) is 0 Å². The molecule has 2 aromatic rings.